The molecule has 0 atom stereocenters. The van der Waals surface area contributed by atoms with Crippen LogP contribution in [0.2, 0.25) is 0 Å². The van der Waals surface area contributed by atoms with Crippen LogP contribution in [0.5, 0.6) is 0 Å². The maximum atomic E-state index is 12.2. The molecule has 0 bridgehead atoms. The van der Waals surface area contributed by atoms with Gasteiger partial charge in [0.05, 0.1) is 6.20 Å². The number of sulfonamides is 1. The normalized spacial score (nSPS) is 11.5. The van der Waals surface area contributed by atoms with Gasteiger partial charge in [-0.1, -0.05) is 0 Å². The molecule has 0 unspecified atom stereocenters. The third-order valence-corrected chi connectivity index (χ3v) is 4.23. The summed E-state index contributed by atoms with van der Waals surface area (Å²) < 4.78 is 26.7. The molecule has 0 radical (unpaired) electrons. The number of aromatic amines is 2. The lowest BCUT2D eigenvalue weighted by atomic mass is 10.2. The van der Waals surface area contributed by atoms with Crippen molar-refractivity contribution < 1.29 is 18.3 Å². The number of hydrogen-bond donors (Lipinski definition) is 4. The minimum atomic E-state index is -3.87. The molecule has 0 aliphatic carbocycles. The fraction of sp³-hybridized carbons (Fsp3) is 0.200. The van der Waals surface area contributed by atoms with Crippen molar-refractivity contribution in [3.63, 3.8) is 0 Å². The molecule has 0 aliphatic heterocycles. The van der Waals surface area contributed by atoms with Crippen LogP contribution in [0.3, 0.4) is 0 Å². The molecule has 0 saturated carbocycles. The summed E-state index contributed by atoms with van der Waals surface area (Å²) in [5.74, 6) is -1.000. The molecule has 4 N–H and O–H groups in total. The van der Waals surface area contributed by atoms with Gasteiger partial charge >= 0.3 is 5.97 Å². The fourth-order valence-corrected chi connectivity index (χ4v) is 3.32. The Balaban J connectivity index is 2.49. The number of nitrogens with zero attached hydrogens (tertiary/aromatic N) is 1. The highest BCUT2D eigenvalue weighted by Crippen LogP contribution is 2.24. The lowest BCUT2D eigenvalue weighted by molar-refractivity contribution is 0.0690. The molecule has 102 valence electrons. The topological polar surface area (TPSA) is 128 Å². The molecular formula is C10H12N4O4S. The van der Waals surface area contributed by atoms with E-state index >= 15 is 0 Å². The van der Waals surface area contributed by atoms with Gasteiger partial charge in [0, 0.05) is 17.3 Å². The highest BCUT2D eigenvalue weighted by Gasteiger charge is 2.26. The average Bonchev–Trinajstić information content (AvgIpc) is 2.86. The summed E-state index contributed by atoms with van der Waals surface area (Å²) in [6, 6.07) is 1.45. The van der Waals surface area contributed by atoms with Crippen LogP contribution in [0.25, 0.3) is 0 Å². The first-order chi connectivity index (χ1) is 8.83. The van der Waals surface area contributed by atoms with E-state index in [2.05, 4.69) is 19.9 Å². The third kappa shape index (κ3) is 2.32. The number of hydrogen-bond acceptors (Lipinski definition) is 4. The highest BCUT2D eigenvalue weighted by atomic mass is 32.2. The molecule has 0 aromatic carbocycles. The summed E-state index contributed by atoms with van der Waals surface area (Å²) >= 11 is 0. The predicted molar refractivity (Wildman–Crippen MR) is 66.6 cm³/mol. The summed E-state index contributed by atoms with van der Waals surface area (Å²) in [5, 5.41) is 15.1. The van der Waals surface area contributed by atoms with Crippen LogP contribution in [0, 0.1) is 13.8 Å². The average molecular weight is 284 g/mol. The van der Waals surface area contributed by atoms with Crippen LogP contribution in [0.1, 0.15) is 21.7 Å². The first-order valence-corrected chi connectivity index (χ1v) is 6.76. The molecule has 0 aliphatic rings. The monoisotopic (exact) mass is 284 g/mol. The van der Waals surface area contributed by atoms with Gasteiger partial charge in [-0.25, -0.2) is 13.2 Å². The number of rotatable bonds is 4. The van der Waals surface area contributed by atoms with Gasteiger partial charge in [0.15, 0.2) is 0 Å². The van der Waals surface area contributed by atoms with E-state index in [0.717, 1.165) is 0 Å². The molecule has 9 heteroatoms. The molecular weight excluding hydrogens is 272 g/mol. The van der Waals surface area contributed by atoms with Crippen molar-refractivity contribution in [2.75, 3.05) is 4.72 Å². The minimum absolute atomic E-state index is 0.0699. The Hall–Kier alpha value is -2.29. The van der Waals surface area contributed by atoms with Gasteiger partial charge in [0.2, 0.25) is 0 Å². The number of aromatic nitrogens is 3. The van der Waals surface area contributed by atoms with Crippen LogP contribution in [0.4, 0.5) is 5.82 Å². The van der Waals surface area contributed by atoms with Gasteiger partial charge in [0.1, 0.15) is 16.4 Å². The van der Waals surface area contributed by atoms with Gasteiger partial charge < -0.3 is 10.1 Å². The van der Waals surface area contributed by atoms with Gasteiger partial charge in [0.25, 0.3) is 10.0 Å². The predicted octanol–water partition coefficient (Wildman–Crippen LogP) is 0.854. The third-order valence-electron chi connectivity index (χ3n) is 2.60. The summed E-state index contributed by atoms with van der Waals surface area (Å²) in [4.78, 5) is 13.5. The first-order valence-electron chi connectivity index (χ1n) is 5.27. The molecule has 0 spiro atoms. The van der Waals surface area contributed by atoms with E-state index < -0.39 is 16.0 Å². The van der Waals surface area contributed by atoms with Crippen molar-refractivity contribution in [1.29, 1.82) is 0 Å². The second kappa shape index (κ2) is 4.43. The maximum Gasteiger partial charge on any atom is 0.352 e. The molecule has 8 nitrogen and oxygen atoms in total. The quantitative estimate of drug-likeness (QED) is 0.661. The second-order valence-electron chi connectivity index (χ2n) is 3.96. The second-order valence-corrected chi connectivity index (χ2v) is 5.58. The zero-order valence-corrected chi connectivity index (χ0v) is 11.0. The van der Waals surface area contributed by atoms with E-state index in [1.807, 2.05) is 0 Å². The number of H-pyrrole nitrogens is 2. The molecule has 0 fully saturated rings. The van der Waals surface area contributed by atoms with E-state index in [4.69, 9.17) is 5.11 Å². The number of aryl methyl sites for hydroxylation is 1. The van der Waals surface area contributed by atoms with Gasteiger partial charge in [-0.05, 0) is 13.8 Å². The first kappa shape index (κ1) is 13.1. The Bertz CT molecular complexity index is 715. The van der Waals surface area contributed by atoms with Gasteiger partial charge in [-0.3, -0.25) is 9.82 Å². The number of nitrogens with one attached hydrogen (secondary N) is 3. The minimum Gasteiger partial charge on any atom is -0.477 e. The van der Waals surface area contributed by atoms with Gasteiger partial charge in [-0.15, -0.1) is 0 Å². The number of anilines is 1. The van der Waals surface area contributed by atoms with E-state index in [9.17, 15) is 13.2 Å². The zero-order valence-electron chi connectivity index (χ0n) is 10.2. The molecule has 19 heavy (non-hydrogen) atoms. The summed E-state index contributed by atoms with van der Waals surface area (Å²) in [5.41, 5.74) is 0.293. The van der Waals surface area contributed by atoms with Crippen LogP contribution in [-0.4, -0.2) is 34.7 Å². The van der Waals surface area contributed by atoms with E-state index in [1.165, 1.54) is 26.1 Å². The fourth-order valence-electron chi connectivity index (χ4n) is 1.86. The Kier molecular flexibility index (Phi) is 3.06. The smallest absolute Gasteiger partial charge is 0.352 e. The maximum absolute atomic E-state index is 12.2. The standard InChI is InChI=1S/C10H12N4O4S/c1-5-8(10(15)16)12-6(2)9(5)19(17,18)14-7-3-4-11-13-7/h3-4,12H,1-2H3,(H,15,16)(H2,11,13,14). The number of carboxylic acid groups (broad SMARTS) is 1. The summed E-state index contributed by atoms with van der Waals surface area (Å²) in [7, 11) is -3.87. The van der Waals surface area contributed by atoms with Crippen molar-refractivity contribution in [1.82, 2.24) is 15.2 Å². The number of carboxylic acids is 1. The lowest BCUT2D eigenvalue weighted by Crippen LogP contribution is -2.15. The van der Waals surface area contributed by atoms with E-state index in [1.54, 1.807) is 0 Å². The Morgan fingerprint density at radius 3 is 2.58 bits per heavy atom. The van der Waals surface area contributed by atoms with Crippen molar-refractivity contribution in [3.8, 4) is 0 Å². The van der Waals surface area contributed by atoms with Crippen LogP contribution in [-0.2, 0) is 10.0 Å². The SMILES string of the molecule is Cc1[nH]c(C(=O)O)c(C)c1S(=O)(=O)Nc1ccn[nH]1. The van der Waals surface area contributed by atoms with Crippen LogP contribution < -0.4 is 4.72 Å². The van der Waals surface area contributed by atoms with Crippen molar-refractivity contribution in [2.24, 2.45) is 0 Å². The Morgan fingerprint density at radius 1 is 1.42 bits per heavy atom. The zero-order chi connectivity index (χ0) is 14.2. The Morgan fingerprint density at radius 2 is 2.11 bits per heavy atom. The van der Waals surface area contributed by atoms with Crippen molar-refractivity contribution >= 4 is 21.8 Å². The van der Waals surface area contributed by atoms with E-state index in [0.29, 0.717) is 0 Å². The van der Waals surface area contributed by atoms with Crippen LogP contribution in [0.15, 0.2) is 17.2 Å². The Labute approximate surface area is 108 Å². The molecule has 0 saturated heterocycles. The van der Waals surface area contributed by atoms with Crippen molar-refractivity contribution in [2.45, 2.75) is 18.7 Å². The number of aromatic carboxylic acids is 1. The summed E-state index contributed by atoms with van der Waals surface area (Å²) in [6.45, 7) is 2.94. The van der Waals surface area contributed by atoms with Crippen LogP contribution >= 0.6 is 0 Å². The highest BCUT2D eigenvalue weighted by molar-refractivity contribution is 7.92. The molecule has 2 aromatic heterocycles. The van der Waals surface area contributed by atoms with Gasteiger partial charge in [-0.2, -0.15) is 5.10 Å². The number of carbonyl (C=O) groups is 1. The molecule has 2 heterocycles. The molecule has 2 rings (SSSR count). The largest absolute Gasteiger partial charge is 0.477 e. The molecule has 2 aromatic rings. The summed E-state index contributed by atoms with van der Waals surface area (Å²) in [6.07, 6.45) is 1.40. The lowest BCUT2D eigenvalue weighted by Gasteiger charge is -2.06. The molecule has 0 amide bonds. The van der Waals surface area contributed by atoms with E-state index in [-0.39, 0.29) is 27.7 Å². The van der Waals surface area contributed by atoms with Crippen molar-refractivity contribution in [3.05, 3.63) is 29.2 Å².